The maximum Gasteiger partial charge on any atom is 0.340 e. The van der Waals surface area contributed by atoms with E-state index in [-0.39, 0.29) is 5.91 Å². The van der Waals surface area contributed by atoms with E-state index in [4.69, 9.17) is 4.74 Å². The lowest BCUT2D eigenvalue weighted by molar-refractivity contribution is -0.117. The maximum absolute atomic E-state index is 12.3. The first kappa shape index (κ1) is 15.1. The minimum Gasteiger partial charge on any atom is -0.462 e. The van der Waals surface area contributed by atoms with Crippen LogP contribution in [0.15, 0.2) is 24.3 Å². The van der Waals surface area contributed by atoms with E-state index >= 15 is 0 Å². The zero-order valence-electron chi connectivity index (χ0n) is 13.0. The third-order valence-corrected chi connectivity index (χ3v) is 5.03. The van der Waals surface area contributed by atoms with Crippen molar-refractivity contribution in [3.63, 3.8) is 0 Å². The molecule has 3 rings (SSSR count). The highest BCUT2D eigenvalue weighted by atomic mass is 16.5. The average Bonchev–Trinajstić information content (AvgIpc) is 3.10. The molecule has 118 valence electrons. The number of ether oxygens (including phenoxy) is 1. The van der Waals surface area contributed by atoms with Gasteiger partial charge in [-0.25, -0.2) is 4.79 Å². The van der Waals surface area contributed by atoms with Gasteiger partial charge in [-0.2, -0.15) is 0 Å². The van der Waals surface area contributed by atoms with Crippen LogP contribution >= 0.6 is 0 Å². The lowest BCUT2D eigenvalue weighted by Gasteiger charge is -2.21. The second-order valence-corrected chi connectivity index (χ2v) is 6.45. The molecule has 4 nitrogen and oxygen atoms in total. The number of fused-ring (bicyclic) bond motifs is 2. The first-order valence-corrected chi connectivity index (χ1v) is 8.23. The van der Waals surface area contributed by atoms with E-state index < -0.39 is 5.97 Å². The third kappa shape index (κ3) is 3.16. The highest BCUT2D eigenvalue weighted by molar-refractivity contribution is 6.01. The zero-order valence-corrected chi connectivity index (χ0v) is 13.0. The van der Waals surface area contributed by atoms with Crippen molar-refractivity contribution >= 4 is 17.6 Å². The van der Waals surface area contributed by atoms with Crippen LogP contribution in [0.1, 0.15) is 49.4 Å². The fourth-order valence-electron chi connectivity index (χ4n) is 4.04. The summed E-state index contributed by atoms with van der Waals surface area (Å²) in [6, 6.07) is 7.03. The Balaban J connectivity index is 1.63. The van der Waals surface area contributed by atoms with Crippen LogP contribution in [0.25, 0.3) is 0 Å². The van der Waals surface area contributed by atoms with Gasteiger partial charge in [0, 0.05) is 6.42 Å². The van der Waals surface area contributed by atoms with Crippen LogP contribution in [0.5, 0.6) is 0 Å². The smallest absolute Gasteiger partial charge is 0.340 e. The first-order valence-electron chi connectivity index (χ1n) is 8.23. The molecular formula is C18H23NO3. The minimum absolute atomic E-state index is 0.00861. The summed E-state index contributed by atoms with van der Waals surface area (Å²) >= 11 is 0. The summed E-state index contributed by atoms with van der Waals surface area (Å²) in [6.07, 6.45) is 5.68. The van der Waals surface area contributed by atoms with Crippen LogP contribution in [0, 0.1) is 17.8 Å². The number of carbonyl (C=O) groups excluding carboxylic acids is 2. The Kier molecular flexibility index (Phi) is 4.46. The quantitative estimate of drug-likeness (QED) is 0.845. The van der Waals surface area contributed by atoms with E-state index in [2.05, 4.69) is 5.32 Å². The molecule has 0 unspecified atom stereocenters. The summed E-state index contributed by atoms with van der Waals surface area (Å²) in [7, 11) is 0. The Bertz CT molecular complexity index is 569. The molecule has 1 aromatic rings. The van der Waals surface area contributed by atoms with Crippen molar-refractivity contribution < 1.29 is 14.3 Å². The zero-order chi connectivity index (χ0) is 15.5. The van der Waals surface area contributed by atoms with Gasteiger partial charge in [0.05, 0.1) is 17.9 Å². The molecule has 2 bridgehead atoms. The molecule has 0 aliphatic heterocycles. The number of amides is 1. The number of hydrogen-bond acceptors (Lipinski definition) is 3. The molecule has 4 heteroatoms. The van der Waals surface area contributed by atoms with Crippen LogP contribution < -0.4 is 5.32 Å². The molecule has 2 saturated carbocycles. The molecule has 3 atom stereocenters. The normalized spacial score (nSPS) is 26.0. The maximum atomic E-state index is 12.3. The monoisotopic (exact) mass is 301 g/mol. The molecule has 1 N–H and O–H groups in total. The van der Waals surface area contributed by atoms with Crippen LogP contribution in [0.3, 0.4) is 0 Å². The third-order valence-electron chi connectivity index (χ3n) is 5.03. The SMILES string of the molecule is CCOC(=O)c1ccccc1NC(=O)C[C@H]1C[C@H]2CC[C@@H]1C2. The van der Waals surface area contributed by atoms with Gasteiger partial charge in [-0.05, 0) is 56.1 Å². The Morgan fingerprint density at radius 1 is 1.23 bits per heavy atom. The van der Waals surface area contributed by atoms with E-state index in [1.807, 2.05) is 6.07 Å². The van der Waals surface area contributed by atoms with E-state index in [0.29, 0.717) is 30.2 Å². The molecule has 22 heavy (non-hydrogen) atoms. The summed E-state index contributed by atoms with van der Waals surface area (Å²) in [5.74, 6) is 1.71. The van der Waals surface area contributed by atoms with E-state index in [1.54, 1.807) is 25.1 Å². The van der Waals surface area contributed by atoms with Crippen LogP contribution in [-0.2, 0) is 9.53 Å². The summed E-state index contributed by atoms with van der Waals surface area (Å²) < 4.78 is 5.03. The molecule has 1 aromatic carbocycles. The highest BCUT2D eigenvalue weighted by Crippen LogP contribution is 2.49. The molecule has 0 aromatic heterocycles. The minimum atomic E-state index is -0.390. The number of para-hydroxylation sites is 1. The summed E-state index contributed by atoms with van der Waals surface area (Å²) in [4.78, 5) is 24.2. The number of benzene rings is 1. The van der Waals surface area contributed by atoms with Crippen molar-refractivity contribution in [2.24, 2.45) is 17.8 Å². The fraction of sp³-hybridized carbons (Fsp3) is 0.556. The van der Waals surface area contributed by atoms with Gasteiger partial charge < -0.3 is 10.1 Å². The van der Waals surface area contributed by atoms with Crippen molar-refractivity contribution in [2.45, 2.75) is 39.0 Å². The van der Waals surface area contributed by atoms with E-state index in [9.17, 15) is 9.59 Å². The molecule has 0 radical (unpaired) electrons. The summed E-state index contributed by atoms with van der Waals surface area (Å²) in [5.41, 5.74) is 0.972. The summed E-state index contributed by atoms with van der Waals surface area (Å²) in [5, 5.41) is 2.90. The molecule has 2 fully saturated rings. The van der Waals surface area contributed by atoms with E-state index in [1.165, 1.54) is 25.7 Å². The van der Waals surface area contributed by atoms with Crippen LogP contribution in [0.2, 0.25) is 0 Å². The van der Waals surface area contributed by atoms with Gasteiger partial charge in [-0.15, -0.1) is 0 Å². The molecule has 0 heterocycles. The van der Waals surface area contributed by atoms with Gasteiger partial charge in [-0.1, -0.05) is 18.6 Å². The van der Waals surface area contributed by atoms with Crippen molar-refractivity contribution in [1.82, 2.24) is 0 Å². The number of carbonyl (C=O) groups is 2. The highest BCUT2D eigenvalue weighted by Gasteiger charge is 2.40. The molecule has 2 aliphatic rings. The van der Waals surface area contributed by atoms with Gasteiger partial charge in [0.15, 0.2) is 0 Å². The van der Waals surface area contributed by atoms with Gasteiger partial charge >= 0.3 is 5.97 Å². The Hall–Kier alpha value is -1.84. The number of nitrogens with one attached hydrogen (secondary N) is 1. The van der Waals surface area contributed by atoms with Crippen LogP contribution in [0.4, 0.5) is 5.69 Å². The largest absolute Gasteiger partial charge is 0.462 e. The second kappa shape index (κ2) is 6.51. The predicted octanol–water partition coefficient (Wildman–Crippen LogP) is 3.63. The predicted molar refractivity (Wildman–Crippen MR) is 84.6 cm³/mol. The van der Waals surface area contributed by atoms with Crippen molar-refractivity contribution in [1.29, 1.82) is 0 Å². The Morgan fingerprint density at radius 3 is 2.73 bits per heavy atom. The first-order chi connectivity index (χ1) is 10.7. The number of rotatable bonds is 5. The molecule has 2 aliphatic carbocycles. The number of esters is 1. The second-order valence-electron chi connectivity index (χ2n) is 6.45. The number of hydrogen-bond donors (Lipinski definition) is 1. The van der Waals surface area contributed by atoms with Gasteiger partial charge in [0.25, 0.3) is 0 Å². The van der Waals surface area contributed by atoms with Crippen molar-refractivity contribution in [3.8, 4) is 0 Å². The fourth-order valence-corrected chi connectivity index (χ4v) is 4.04. The summed E-state index contributed by atoms with van der Waals surface area (Å²) in [6.45, 7) is 2.10. The average molecular weight is 301 g/mol. The Morgan fingerprint density at radius 2 is 2.05 bits per heavy atom. The topological polar surface area (TPSA) is 55.4 Å². The molecule has 0 saturated heterocycles. The van der Waals surface area contributed by atoms with Gasteiger partial charge in [0.1, 0.15) is 0 Å². The lowest BCUT2D eigenvalue weighted by Crippen LogP contribution is -2.21. The standard InChI is InChI=1S/C18H23NO3/c1-2-22-18(21)15-5-3-4-6-16(15)19-17(20)11-14-10-12-7-8-13(14)9-12/h3-6,12-14H,2,7-11H2,1H3,(H,19,20)/t12-,13+,14+/m0/s1. The molecule has 1 amide bonds. The molecule has 0 spiro atoms. The van der Waals surface area contributed by atoms with Gasteiger partial charge in [-0.3, -0.25) is 4.79 Å². The Labute approximate surface area is 131 Å². The lowest BCUT2D eigenvalue weighted by atomic mass is 9.86. The van der Waals surface area contributed by atoms with Gasteiger partial charge in [0.2, 0.25) is 5.91 Å². The van der Waals surface area contributed by atoms with E-state index in [0.717, 1.165) is 11.8 Å². The van der Waals surface area contributed by atoms with Crippen molar-refractivity contribution in [2.75, 3.05) is 11.9 Å². The van der Waals surface area contributed by atoms with Crippen LogP contribution in [-0.4, -0.2) is 18.5 Å². The number of anilines is 1. The van der Waals surface area contributed by atoms with Crippen molar-refractivity contribution in [3.05, 3.63) is 29.8 Å². The molecular weight excluding hydrogens is 278 g/mol.